The lowest BCUT2D eigenvalue weighted by atomic mass is 10.1. The number of hydrogen-bond acceptors (Lipinski definition) is 3. The van der Waals surface area contributed by atoms with Gasteiger partial charge in [-0.15, -0.1) is 0 Å². The van der Waals surface area contributed by atoms with Crippen LogP contribution in [0.1, 0.15) is 10.4 Å². The highest BCUT2D eigenvalue weighted by molar-refractivity contribution is 6.34. The van der Waals surface area contributed by atoms with E-state index < -0.39 is 16.9 Å². The second-order valence-electron chi connectivity index (χ2n) is 4.47. The SMILES string of the molecule is O=C(Oc1cccc2ccccc12)c1cc(F)c(Cl)nc1Cl. The Morgan fingerprint density at radius 1 is 1.05 bits per heavy atom. The minimum Gasteiger partial charge on any atom is -0.422 e. The highest BCUT2D eigenvalue weighted by atomic mass is 35.5. The Balaban J connectivity index is 1.99. The Morgan fingerprint density at radius 2 is 1.77 bits per heavy atom. The van der Waals surface area contributed by atoms with Gasteiger partial charge in [0.15, 0.2) is 11.0 Å². The third kappa shape index (κ3) is 2.75. The van der Waals surface area contributed by atoms with Gasteiger partial charge in [-0.2, -0.15) is 0 Å². The largest absolute Gasteiger partial charge is 0.422 e. The van der Waals surface area contributed by atoms with Crippen molar-refractivity contribution in [2.24, 2.45) is 0 Å². The topological polar surface area (TPSA) is 39.2 Å². The molecule has 0 unspecified atom stereocenters. The van der Waals surface area contributed by atoms with Crippen LogP contribution in [0.25, 0.3) is 10.8 Å². The number of ether oxygens (including phenoxy) is 1. The number of aromatic nitrogens is 1. The molecule has 0 atom stereocenters. The molecule has 0 spiro atoms. The van der Waals surface area contributed by atoms with Gasteiger partial charge < -0.3 is 4.74 Å². The number of pyridine rings is 1. The van der Waals surface area contributed by atoms with Gasteiger partial charge in [0.1, 0.15) is 16.5 Å². The summed E-state index contributed by atoms with van der Waals surface area (Å²) in [6, 6.07) is 13.6. The van der Waals surface area contributed by atoms with E-state index in [1.807, 2.05) is 30.3 Å². The zero-order chi connectivity index (χ0) is 15.7. The molecule has 22 heavy (non-hydrogen) atoms. The van der Waals surface area contributed by atoms with Crippen molar-refractivity contribution in [2.45, 2.75) is 0 Å². The zero-order valence-corrected chi connectivity index (χ0v) is 12.5. The van der Waals surface area contributed by atoms with E-state index in [1.54, 1.807) is 12.1 Å². The molecule has 1 heterocycles. The summed E-state index contributed by atoms with van der Waals surface area (Å²) in [6.07, 6.45) is 0. The van der Waals surface area contributed by atoms with Gasteiger partial charge in [0.2, 0.25) is 0 Å². The maximum Gasteiger partial charge on any atom is 0.346 e. The van der Waals surface area contributed by atoms with Crippen molar-refractivity contribution in [3.63, 3.8) is 0 Å². The van der Waals surface area contributed by atoms with Gasteiger partial charge in [0.25, 0.3) is 0 Å². The average molecular weight is 336 g/mol. The van der Waals surface area contributed by atoms with Crippen molar-refractivity contribution in [1.82, 2.24) is 4.98 Å². The summed E-state index contributed by atoms with van der Waals surface area (Å²) < 4.78 is 18.8. The summed E-state index contributed by atoms with van der Waals surface area (Å²) in [6.45, 7) is 0. The summed E-state index contributed by atoms with van der Waals surface area (Å²) in [5.74, 6) is -1.28. The molecule has 6 heteroatoms. The number of carbonyl (C=O) groups is 1. The molecule has 0 saturated carbocycles. The zero-order valence-electron chi connectivity index (χ0n) is 11.0. The first-order valence-electron chi connectivity index (χ1n) is 6.28. The van der Waals surface area contributed by atoms with Crippen LogP contribution in [0.3, 0.4) is 0 Å². The summed E-state index contributed by atoms with van der Waals surface area (Å²) in [7, 11) is 0. The molecule has 0 aliphatic rings. The van der Waals surface area contributed by atoms with Gasteiger partial charge in [-0.1, -0.05) is 59.6 Å². The van der Waals surface area contributed by atoms with Crippen molar-refractivity contribution in [3.05, 3.63) is 70.2 Å². The minimum atomic E-state index is -0.837. The highest BCUT2D eigenvalue weighted by Gasteiger charge is 2.18. The quantitative estimate of drug-likeness (QED) is 0.380. The molecular formula is C16H8Cl2FNO2. The van der Waals surface area contributed by atoms with Crippen LogP contribution >= 0.6 is 23.2 Å². The molecule has 0 radical (unpaired) electrons. The van der Waals surface area contributed by atoms with Gasteiger partial charge in [-0.3, -0.25) is 0 Å². The van der Waals surface area contributed by atoms with Crippen molar-refractivity contribution in [2.75, 3.05) is 0 Å². The van der Waals surface area contributed by atoms with Crippen molar-refractivity contribution < 1.29 is 13.9 Å². The van der Waals surface area contributed by atoms with Crippen LogP contribution in [-0.4, -0.2) is 11.0 Å². The predicted molar refractivity (Wildman–Crippen MR) is 83.1 cm³/mol. The third-order valence-electron chi connectivity index (χ3n) is 3.06. The normalized spacial score (nSPS) is 10.7. The van der Waals surface area contributed by atoms with E-state index in [1.165, 1.54) is 0 Å². The van der Waals surface area contributed by atoms with Crippen molar-refractivity contribution >= 4 is 39.9 Å². The molecule has 0 bridgehead atoms. The Hall–Kier alpha value is -2.17. The van der Waals surface area contributed by atoms with Crippen molar-refractivity contribution in [3.8, 4) is 5.75 Å². The summed E-state index contributed by atoms with van der Waals surface area (Å²) in [4.78, 5) is 15.7. The molecule has 2 aromatic carbocycles. The molecule has 0 saturated heterocycles. The van der Waals surface area contributed by atoms with Gasteiger partial charge in [0, 0.05) is 5.39 Å². The first kappa shape index (κ1) is 14.8. The summed E-state index contributed by atoms with van der Waals surface area (Å²) in [5, 5.41) is 1.07. The molecule has 110 valence electrons. The second-order valence-corrected chi connectivity index (χ2v) is 5.18. The fraction of sp³-hybridized carbons (Fsp3) is 0. The molecule has 0 aliphatic carbocycles. The van der Waals surface area contributed by atoms with Crippen LogP contribution < -0.4 is 4.74 Å². The number of rotatable bonds is 2. The average Bonchev–Trinajstić information content (AvgIpc) is 2.51. The maximum atomic E-state index is 13.5. The maximum absolute atomic E-state index is 13.5. The van der Waals surface area contributed by atoms with Crippen LogP contribution in [0, 0.1) is 5.82 Å². The molecule has 3 aromatic rings. The number of esters is 1. The van der Waals surface area contributed by atoms with Crippen LogP contribution in [0.5, 0.6) is 5.75 Å². The number of fused-ring (bicyclic) bond motifs is 1. The Labute approximate surface area is 135 Å². The Bertz CT molecular complexity index is 878. The van der Waals surface area contributed by atoms with Crippen LogP contribution in [-0.2, 0) is 0 Å². The van der Waals surface area contributed by atoms with Crippen LogP contribution in [0.2, 0.25) is 10.3 Å². The molecule has 3 rings (SSSR count). The van der Waals surface area contributed by atoms with E-state index in [0.717, 1.165) is 16.8 Å². The summed E-state index contributed by atoms with van der Waals surface area (Å²) in [5.41, 5.74) is -0.184. The lowest BCUT2D eigenvalue weighted by Crippen LogP contribution is -2.11. The van der Waals surface area contributed by atoms with E-state index in [2.05, 4.69) is 4.98 Å². The Kier molecular flexibility index (Phi) is 3.96. The fourth-order valence-electron chi connectivity index (χ4n) is 2.03. The number of nitrogens with zero attached hydrogens (tertiary/aromatic N) is 1. The molecule has 0 amide bonds. The molecule has 0 fully saturated rings. The second kappa shape index (κ2) is 5.91. The molecule has 3 nitrogen and oxygen atoms in total. The van der Waals surface area contributed by atoms with E-state index in [-0.39, 0.29) is 10.7 Å². The fourth-order valence-corrected chi connectivity index (χ4v) is 2.43. The highest BCUT2D eigenvalue weighted by Crippen LogP contribution is 2.27. The monoisotopic (exact) mass is 335 g/mol. The minimum absolute atomic E-state index is 0.184. The first-order valence-corrected chi connectivity index (χ1v) is 7.03. The van der Waals surface area contributed by atoms with Crippen molar-refractivity contribution in [1.29, 1.82) is 0 Å². The molecule has 0 N–H and O–H groups in total. The van der Waals surface area contributed by atoms with Gasteiger partial charge in [-0.05, 0) is 17.5 Å². The van der Waals surface area contributed by atoms with Gasteiger partial charge in [0.05, 0.1) is 0 Å². The number of hydrogen-bond donors (Lipinski definition) is 0. The lowest BCUT2D eigenvalue weighted by molar-refractivity contribution is 0.0736. The first-order chi connectivity index (χ1) is 10.6. The van der Waals surface area contributed by atoms with Gasteiger partial charge in [-0.25, -0.2) is 14.2 Å². The molecule has 0 aliphatic heterocycles. The smallest absolute Gasteiger partial charge is 0.346 e. The van der Waals surface area contributed by atoms with Crippen LogP contribution in [0.15, 0.2) is 48.5 Å². The van der Waals surface area contributed by atoms with E-state index in [4.69, 9.17) is 27.9 Å². The molecular weight excluding hydrogens is 328 g/mol. The van der Waals surface area contributed by atoms with Gasteiger partial charge >= 0.3 is 5.97 Å². The van der Waals surface area contributed by atoms with E-state index in [9.17, 15) is 9.18 Å². The lowest BCUT2D eigenvalue weighted by Gasteiger charge is -2.08. The van der Waals surface area contributed by atoms with E-state index >= 15 is 0 Å². The number of benzene rings is 2. The van der Waals surface area contributed by atoms with Crippen LogP contribution in [0.4, 0.5) is 4.39 Å². The van der Waals surface area contributed by atoms with E-state index in [0.29, 0.717) is 5.75 Å². The summed E-state index contributed by atoms with van der Waals surface area (Å²) >= 11 is 11.3. The molecule has 1 aromatic heterocycles. The standard InChI is InChI=1S/C16H8Cl2FNO2/c17-14-11(8-12(19)15(18)20-14)16(21)22-13-7-3-5-9-4-1-2-6-10(9)13/h1-8H. The predicted octanol–water partition coefficient (Wildman–Crippen LogP) is 4.90. The third-order valence-corrected chi connectivity index (χ3v) is 3.61. The number of halogens is 3. The Morgan fingerprint density at radius 3 is 2.59 bits per heavy atom. The number of carbonyl (C=O) groups excluding carboxylic acids is 1.